The number of carbonyl (C=O) groups is 1. The van der Waals surface area contributed by atoms with Gasteiger partial charge in [-0.05, 0) is 43.3 Å². The molecule has 0 aliphatic carbocycles. The molecule has 2 aromatic heterocycles. The molecule has 5 nitrogen and oxygen atoms in total. The van der Waals surface area contributed by atoms with Gasteiger partial charge in [-0.2, -0.15) is 13.2 Å². The summed E-state index contributed by atoms with van der Waals surface area (Å²) in [7, 11) is -3.50. The SMILES string of the molecule is CC(C(=O)NCCSc1ccccc1C(F)(F)F)P(=O)(c1ccccn1)c1ccccn1. The third-order valence-corrected chi connectivity index (χ3v) is 9.05. The molecule has 0 fully saturated rings. The van der Waals surface area contributed by atoms with Gasteiger partial charge < -0.3 is 9.88 Å². The van der Waals surface area contributed by atoms with Crippen LogP contribution in [0.4, 0.5) is 13.2 Å². The van der Waals surface area contributed by atoms with Gasteiger partial charge in [-0.15, -0.1) is 11.8 Å². The molecule has 1 amide bonds. The lowest BCUT2D eigenvalue weighted by molar-refractivity contribution is -0.139. The van der Waals surface area contributed by atoms with E-state index in [9.17, 15) is 22.5 Å². The maximum atomic E-state index is 14.1. The Morgan fingerprint density at radius 1 is 1.00 bits per heavy atom. The van der Waals surface area contributed by atoms with Gasteiger partial charge in [-0.3, -0.25) is 14.8 Å². The molecule has 3 rings (SSSR count). The van der Waals surface area contributed by atoms with E-state index in [2.05, 4.69) is 15.3 Å². The number of alkyl halides is 3. The van der Waals surface area contributed by atoms with E-state index in [-0.39, 0.29) is 28.1 Å². The van der Waals surface area contributed by atoms with E-state index in [1.54, 1.807) is 43.3 Å². The molecule has 0 saturated heterocycles. The molecule has 0 aliphatic heterocycles. The lowest BCUT2D eigenvalue weighted by Gasteiger charge is -2.23. The monoisotopic (exact) mass is 479 g/mol. The Balaban J connectivity index is 1.70. The zero-order chi connectivity index (χ0) is 23.2. The summed E-state index contributed by atoms with van der Waals surface area (Å²) in [5.41, 5.74) is -1.12. The van der Waals surface area contributed by atoms with Gasteiger partial charge in [0.25, 0.3) is 0 Å². The standard InChI is InChI=1S/C22H21F3N3O2PS/c1-16(31(30,19-10-4-6-12-26-19)20-11-5-7-13-27-20)21(29)28-14-15-32-18-9-3-2-8-17(18)22(23,24)25/h2-13,16H,14-15H2,1H3,(H,28,29). The second-order valence-electron chi connectivity index (χ2n) is 6.84. The summed E-state index contributed by atoms with van der Waals surface area (Å²) < 4.78 is 53.4. The van der Waals surface area contributed by atoms with Gasteiger partial charge in [0.15, 0.2) is 7.14 Å². The second-order valence-corrected chi connectivity index (χ2v) is 11.0. The molecular formula is C22H21F3N3O2PS. The minimum Gasteiger partial charge on any atom is -0.355 e. The van der Waals surface area contributed by atoms with Crippen molar-refractivity contribution in [2.45, 2.75) is 23.7 Å². The van der Waals surface area contributed by atoms with Crippen LogP contribution in [0.5, 0.6) is 0 Å². The van der Waals surface area contributed by atoms with Crippen molar-refractivity contribution in [1.82, 2.24) is 15.3 Å². The number of amides is 1. The van der Waals surface area contributed by atoms with E-state index in [0.717, 1.165) is 17.8 Å². The maximum Gasteiger partial charge on any atom is 0.417 e. The summed E-state index contributed by atoms with van der Waals surface area (Å²) in [4.78, 5) is 21.3. The van der Waals surface area contributed by atoms with E-state index >= 15 is 0 Å². The molecular weight excluding hydrogens is 458 g/mol. The third-order valence-electron chi connectivity index (χ3n) is 4.76. The van der Waals surface area contributed by atoms with Crippen LogP contribution < -0.4 is 16.2 Å². The topological polar surface area (TPSA) is 72.0 Å². The minimum atomic E-state index is -4.45. The van der Waals surface area contributed by atoms with Crippen LogP contribution in [0.3, 0.4) is 0 Å². The van der Waals surface area contributed by atoms with Crippen molar-refractivity contribution >= 4 is 35.7 Å². The quantitative estimate of drug-likeness (QED) is 0.299. The van der Waals surface area contributed by atoms with Crippen LogP contribution in [0.15, 0.2) is 78.0 Å². The second kappa shape index (κ2) is 10.3. The van der Waals surface area contributed by atoms with E-state index in [4.69, 9.17) is 0 Å². The molecule has 1 N–H and O–H groups in total. The molecule has 168 valence electrons. The summed E-state index contributed by atoms with van der Waals surface area (Å²) in [6.45, 7) is 1.66. The first-order chi connectivity index (χ1) is 15.2. The van der Waals surface area contributed by atoms with Crippen molar-refractivity contribution < 1.29 is 22.5 Å². The van der Waals surface area contributed by atoms with Gasteiger partial charge in [-0.1, -0.05) is 24.3 Å². The Morgan fingerprint density at radius 2 is 1.56 bits per heavy atom. The number of aromatic nitrogens is 2. The van der Waals surface area contributed by atoms with Crippen LogP contribution in [0, 0.1) is 0 Å². The van der Waals surface area contributed by atoms with Crippen molar-refractivity contribution in [3.05, 3.63) is 78.6 Å². The van der Waals surface area contributed by atoms with Crippen molar-refractivity contribution in [1.29, 1.82) is 0 Å². The molecule has 0 bridgehead atoms. The molecule has 1 unspecified atom stereocenters. The zero-order valence-corrected chi connectivity index (χ0v) is 18.8. The number of hydrogen-bond donors (Lipinski definition) is 1. The fraction of sp³-hybridized carbons (Fsp3) is 0.227. The number of benzene rings is 1. The Labute approximate surface area is 188 Å². The molecule has 10 heteroatoms. The average molecular weight is 479 g/mol. The molecule has 0 saturated carbocycles. The molecule has 2 heterocycles. The van der Waals surface area contributed by atoms with E-state index in [1.165, 1.54) is 30.6 Å². The van der Waals surface area contributed by atoms with Crippen molar-refractivity contribution in [3.8, 4) is 0 Å². The van der Waals surface area contributed by atoms with Crippen LogP contribution in [0.1, 0.15) is 12.5 Å². The van der Waals surface area contributed by atoms with E-state index in [1.807, 2.05) is 0 Å². The highest BCUT2D eigenvalue weighted by Crippen LogP contribution is 2.47. The van der Waals surface area contributed by atoms with Crippen LogP contribution in [0.25, 0.3) is 0 Å². The Hall–Kier alpha value is -2.64. The van der Waals surface area contributed by atoms with E-state index < -0.39 is 30.4 Å². The summed E-state index contributed by atoms with van der Waals surface area (Å²) in [6.07, 6.45) is -1.44. The van der Waals surface area contributed by atoms with Crippen molar-refractivity contribution in [3.63, 3.8) is 0 Å². The van der Waals surface area contributed by atoms with Crippen LogP contribution in [-0.2, 0) is 15.5 Å². The summed E-state index contributed by atoms with van der Waals surface area (Å²) >= 11 is 0.999. The Bertz CT molecular complexity index is 1050. The fourth-order valence-electron chi connectivity index (χ4n) is 3.09. The Morgan fingerprint density at radius 3 is 2.09 bits per heavy atom. The van der Waals surface area contributed by atoms with Gasteiger partial charge in [0.05, 0.1) is 11.2 Å². The molecule has 0 spiro atoms. The highest BCUT2D eigenvalue weighted by Gasteiger charge is 2.40. The molecule has 3 aromatic rings. The van der Waals surface area contributed by atoms with E-state index in [0.29, 0.717) is 0 Å². The lowest BCUT2D eigenvalue weighted by atomic mass is 10.2. The fourth-order valence-corrected chi connectivity index (χ4v) is 6.57. The van der Waals surface area contributed by atoms with Gasteiger partial charge in [0.1, 0.15) is 10.9 Å². The van der Waals surface area contributed by atoms with Crippen LogP contribution in [-0.4, -0.2) is 33.8 Å². The number of carbonyl (C=O) groups excluding carboxylic acids is 1. The molecule has 32 heavy (non-hydrogen) atoms. The van der Waals surface area contributed by atoms with Crippen molar-refractivity contribution in [2.24, 2.45) is 0 Å². The largest absolute Gasteiger partial charge is 0.417 e. The van der Waals surface area contributed by atoms with Gasteiger partial charge in [0, 0.05) is 29.6 Å². The zero-order valence-electron chi connectivity index (χ0n) is 17.1. The summed E-state index contributed by atoms with van der Waals surface area (Å²) in [6, 6.07) is 15.3. The number of nitrogens with one attached hydrogen (secondary N) is 1. The number of rotatable bonds is 8. The van der Waals surface area contributed by atoms with Gasteiger partial charge in [0.2, 0.25) is 5.91 Å². The third kappa shape index (κ3) is 5.40. The summed E-state index contributed by atoms with van der Waals surface area (Å²) in [5, 5.41) is 2.69. The smallest absolute Gasteiger partial charge is 0.355 e. The number of nitrogens with zero attached hydrogens (tertiary/aromatic N) is 2. The molecule has 1 atom stereocenters. The Kier molecular flexibility index (Phi) is 7.74. The average Bonchev–Trinajstić information content (AvgIpc) is 2.81. The predicted octanol–water partition coefficient (Wildman–Crippen LogP) is 4.11. The lowest BCUT2D eigenvalue weighted by Crippen LogP contribution is -2.39. The van der Waals surface area contributed by atoms with Crippen LogP contribution >= 0.6 is 18.9 Å². The van der Waals surface area contributed by atoms with Crippen molar-refractivity contribution in [2.75, 3.05) is 12.3 Å². The number of pyridine rings is 2. The number of thioether (sulfide) groups is 1. The first-order valence-corrected chi connectivity index (χ1v) is 12.5. The molecule has 1 aromatic carbocycles. The normalized spacial score (nSPS) is 12.9. The van der Waals surface area contributed by atoms with Gasteiger partial charge in [-0.25, -0.2) is 0 Å². The number of halogens is 3. The first-order valence-electron chi connectivity index (χ1n) is 9.74. The van der Waals surface area contributed by atoms with Gasteiger partial charge >= 0.3 is 6.18 Å². The highest BCUT2D eigenvalue weighted by molar-refractivity contribution is 7.99. The maximum absolute atomic E-state index is 14.1. The van der Waals surface area contributed by atoms with Crippen LogP contribution in [0.2, 0.25) is 0 Å². The highest BCUT2D eigenvalue weighted by atomic mass is 32.2. The summed E-state index contributed by atoms with van der Waals surface area (Å²) in [5.74, 6) is -0.252. The minimum absolute atomic E-state index is 0.0925. The first kappa shape index (κ1) is 24.0. The predicted molar refractivity (Wildman–Crippen MR) is 120 cm³/mol. The molecule has 0 radical (unpaired) electrons. The molecule has 0 aliphatic rings. The number of hydrogen-bond acceptors (Lipinski definition) is 5.